The van der Waals surface area contributed by atoms with Crippen molar-refractivity contribution < 1.29 is 62.3 Å². The zero-order valence-corrected chi connectivity index (χ0v) is 40.8. The van der Waals surface area contributed by atoms with Crippen LogP contribution in [0.5, 0.6) is 0 Å². The first-order valence-corrected chi connectivity index (χ1v) is 25.8. The van der Waals surface area contributed by atoms with E-state index in [1.807, 2.05) is 0 Å². The predicted octanol–water partition coefficient (Wildman–Crippen LogP) is 11.7. The molecule has 0 fully saturated rings. The van der Waals surface area contributed by atoms with E-state index in [1.165, 1.54) is 0 Å². The molecule has 0 aliphatic carbocycles. The molecule has 0 saturated carbocycles. The maximum atomic E-state index is 13.2. The minimum absolute atomic E-state index is 0.0316. The molecule has 13 nitrogen and oxygen atoms in total. The lowest BCUT2D eigenvalue weighted by atomic mass is 9.95. The molecule has 0 saturated heterocycles. The van der Waals surface area contributed by atoms with Crippen molar-refractivity contribution in [3.05, 3.63) is 0 Å². The van der Waals surface area contributed by atoms with Gasteiger partial charge in [-0.25, -0.2) is 4.79 Å². The molecule has 0 aliphatic rings. The van der Waals surface area contributed by atoms with Crippen LogP contribution in [0.3, 0.4) is 0 Å². The van der Waals surface area contributed by atoms with Crippen LogP contribution in [-0.2, 0) is 57.2 Å². The molecule has 0 amide bonds. The molecule has 0 aliphatic heterocycles. The lowest BCUT2D eigenvalue weighted by Crippen LogP contribution is -2.45. The quantitative estimate of drug-likeness (QED) is 0.0347. The highest BCUT2D eigenvalue weighted by atomic mass is 16.6. The summed E-state index contributed by atoms with van der Waals surface area (Å²) >= 11 is 0. The molecule has 0 atom stereocenters. The standard InChI is InChI=1S/C51H92O13/c1-4-7-10-25-34-45(52)59-37-28-19-13-15-22-31-40-62-48(55)43-51(58,50(57)64-42-33-24-18-17-21-30-39-61-47(54)36-27-12-9-6-3)44-49(56)63-41-32-23-16-14-20-29-38-60-46(53)35-26-11-8-5-2/h58H,4-44H2,1-3H3. The first kappa shape index (κ1) is 60.8. The van der Waals surface area contributed by atoms with Crippen LogP contribution in [0.25, 0.3) is 0 Å². The second kappa shape index (κ2) is 45.0. The van der Waals surface area contributed by atoms with E-state index in [4.69, 9.17) is 28.4 Å². The topological polar surface area (TPSA) is 178 Å². The average Bonchev–Trinajstić information content (AvgIpc) is 3.27. The van der Waals surface area contributed by atoms with Crippen molar-refractivity contribution in [2.24, 2.45) is 0 Å². The molecule has 0 radical (unpaired) electrons. The molecule has 0 bridgehead atoms. The molecule has 0 heterocycles. The van der Waals surface area contributed by atoms with Crippen LogP contribution in [0.1, 0.15) is 245 Å². The number of rotatable bonds is 47. The van der Waals surface area contributed by atoms with Crippen molar-refractivity contribution in [2.45, 2.75) is 251 Å². The fourth-order valence-corrected chi connectivity index (χ4v) is 7.05. The smallest absolute Gasteiger partial charge is 0.339 e. The van der Waals surface area contributed by atoms with Crippen molar-refractivity contribution in [1.82, 2.24) is 0 Å². The largest absolute Gasteiger partial charge is 0.466 e. The van der Waals surface area contributed by atoms with Crippen LogP contribution in [0, 0.1) is 0 Å². The zero-order valence-electron chi connectivity index (χ0n) is 40.8. The van der Waals surface area contributed by atoms with E-state index in [1.54, 1.807) is 0 Å². The van der Waals surface area contributed by atoms with Gasteiger partial charge >= 0.3 is 35.8 Å². The number of hydrogen-bond acceptors (Lipinski definition) is 13. The third-order valence-electron chi connectivity index (χ3n) is 11.1. The molecule has 0 rings (SSSR count). The average molecular weight is 913 g/mol. The highest BCUT2D eigenvalue weighted by Gasteiger charge is 2.43. The Balaban J connectivity index is 4.59. The maximum Gasteiger partial charge on any atom is 0.339 e. The molecule has 13 heteroatoms. The summed E-state index contributed by atoms with van der Waals surface area (Å²) in [6, 6.07) is 0. The molecule has 0 spiro atoms. The molecule has 64 heavy (non-hydrogen) atoms. The first-order valence-electron chi connectivity index (χ1n) is 25.8. The monoisotopic (exact) mass is 913 g/mol. The van der Waals surface area contributed by atoms with Crippen molar-refractivity contribution in [1.29, 1.82) is 0 Å². The maximum absolute atomic E-state index is 13.2. The van der Waals surface area contributed by atoms with Crippen molar-refractivity contribution in [2.75, 3.05) is 39.6 Å². The van der Waals surface area contributed by atoms with Gasteiger partial charge in [0.25, 0.3) is 0 Å². The van der Waals surface area contributed by atoms with Crippen molar-refractivity contribution in [3.8, 4) is 0 Å². The Bertz CT molecular complexity index is 1120. The summed E-state index contributed by atoms with van der Waals surface area (Å²) in [6.45, 7) is 7.98. The summed E-state index contributed by atoms with van der Waals surface area (Å²) in [7, 11) is 0. The SMILES string of the molecule is CCCCCCC(=O)OCCCCCCCCOC(=O)CC(O)(CC(=O)OCCCCCCCCOC(=O)CCCCCC)C(=O)OCCCCCCCCOC(=O)CCCCCC. The fraction of sp³-hybridized carbons (Fsp3) is 0.882. The molecular weight excluding hydrogens is 821 g/mol. The molecule has 1 N–H and O–H groups in total. The third-order valence-corrected chi connectivity index (χ3v) is 11.1. The van der Waals surface area contributed by atoms with Gasteiger partial charge in [0.15, 0.2) is 5.60 Å². The summed E-state index contributed by atoms with van der Waals surface area (Å²) in [6.07, 6.45) is 27.6. The van der Waals surface area contributed by atoms with E-state index in [9.17, 15) is 33.9 Å². The Morgan fingerprint density at radius 1 is 0.297 bits per heavy atom. The van der Waals surface area contributed by atoms with E-state index in [0.717, 1.165) is 173 Å². The number of carbonyl (C=O) groups is 6. The number of esters is 6. The third kappa shape index (κ3) is 40.3. The fourth-order valence-electron chi connectivity index (χ4n) is 7.05. The molecule has 0 aromatic rings. The van der Waals surface area contributed by atoms with Gasteiger partial charge in [0.1, 0.15) is 0 Å². The molecule has 0 aromatic heterocycles. The van der Waals surface area contributed by atoms with Crippen LogP contribution < -0.4 is 0 Å². The Kier molecular flexibility index (Phi) is 42.7. The Hall–Kier alpha value is -3.22. The normalized spacial score (nSPS) is 11.2. The van der Waals surface area contributed by atoms with Gasteiger partial charge < -0.3 is 33.5 Å². The number of unbranched alkanes of at least 4 members (excludes halogenated alkanes) is 24. The summed E-state index contributed by atoms with van der Waals surface area (Å²) in [5.41, 5.74) is -2.42. The molecule has 374 valence electrons. The van der Waals surface area contributed by atoms with Gasteiger partial charge in [-0.2, -0.15) is 0 Å². The van der Waals surface area contributed by atoms with E-state index in [-0.39, 0.29) is 37.7 Å². The van der Waals surface area contributed by atoms with E-state index < -0.39 is 36.4 Å². The van der Waals surface area contributed by atoms with E-state index >= 15 is 0 Å². The Morgan fingerprint density at radius 2 is 0.516 bits per heavy atom. The van der Waals surface area contributed by atoms with Gasteiger partial charge in [-0.05, 0) is 57.8 Å². The zero-order chi connectivity index (χ0) is 47.2. The minimum Gasteiger partial charge on any atom is -0.466 e. The second-order valence-electron chi connectivity index (χ2n) is 17.4. The van der Waals surface area contributed by atoms with Crippen LogP contribution in [-0.4, -0.2) is 86.2 Å². The number of hydrogen-bond donors (Lipinski definition) is 1. The highest BCUT2D eigenvalue weighted by molar-refractivity contribution is 5.90. The second-order valence-corrected chi connectivity index (χ2v) is 17.4. The summed E-state index contributed by atoms with van der Waals surface area (Å²) in [5, 5.41) is 11.4. The van der Waals surface area contributed by atoms with Crippen molar-refractivity contribution in [3.63, 3.8) is 0 Å². The van der Waals surface area contributed by atoms with Gasteiger partial charge in [-0.1, -0.05) is 156 Å². The van der Waals surface area contributed by atoms with Crippen LogP contribution in [0.2, 0.25) is 0 Å². The van der Waals surface area contributed by atoms with Crippen LogP contribution in [0.15, 0.2) is 0 Å². The highest BCUT2D eigenvalue weighted by Crippen LogP contribution is 2.21. The summed E-state index contributed by atoms with van der Waals surface area (Å²) in [5.74, 6) is -3.04. The van der Waals surface area contributed by atoms with Gasteiger partial charge in [0.2, 0.25) is 0 Å². The summed E-state index contributed by atoms with van der Waals surface area (Å²) < 4.78 is 32.0. The first-order chi connectivity index (χ1) is 31.1. The number of carbonyl (C=O) groups excluding carboxylic acids is 6. The lowest BCUT2D eigenvalue weighted by molar-refractivity contribution is -0.178. The Morgan fingerprint density at radius 3 is 0.781 bits per heavy atom. The molecule has 0 unspecified atom stereocenters. The summed E-state index contributed by atoms with van der Waals surface area (Å²) in [4.78, 5) is 74.2. The van der Waals surface area contributed by atoms with E-state index in [2.05, 4.69) is 20.8 Å². The van der Waals surface area contributed by atoms with Gasteiger partial charge in [0, 0.05) is 19.3 Å². The van der Waals surface area contributed by atoms with Crippen LogP contribution >= 0.6 is 0 Å². The number of aliphatic hydroxyl groups is 1. The van der Waals surface area contributed by atoms with Crippen molar-refractivity contribution >= 4 is 35.8 Å². The predicted molar refractivity (Wildman–Crippen MR) is 249 cm³/mol. The molecule has 0 aromatic carbocycles. The van der Waals surface area contributed by atoms with Crippen LogP contribution in [0.4, 0.5) is 0 Å². The van der Waals surface area contributed by atoms with E-state index in [0.29, 0.717) is 58.3 Å². The molecular formula is C51H92O13. The minimum atomic E-state index is -2.42. The Labute approximate surface area is 387 Å². The van der Waals surface area contributed by atoms with Gasteiger partial charge in [-0.15, -0.1) is 0 Å². The lowest BCUT2D eigenvalue weighted by Gasteiger charge is -2.24. The van der Waals surface area contributed by atoms with Gasteiger partial charge in [-0.3, -0.25) is 24.0 Å². The van der Waals surface area contributed by atoms with Gasteiger partial charge in [0.05, 0.1) is 52.5 Å². The number of ether oxygens (including phenoxy) is 6.